The van der Waals surface area contributed by atoms with E-state index in [1.54, 1.807) is 12.4 Å². The molecule has 118 valence electrons. The second kappa shape index (κ2) is 5.26. The Morgan fingerprint density at radius 2 is 1.92 bits per heavy atom. The molecule has 3 heterocycles. The highest BCUT2D eigenvalue weighted by Crippen LogP contribution is 2.29. The second-order valence-corrected chi connectivity index (χ2v) is 6.23. The first-order valence-electron chi connectivity index (χ1n) is 8.16. The molecule has 0 bridgehead atoms. The topological polar surface area (TPSA) is 68.0 Å². The summed E-state index contributed by atoms with van der Waals surface area (Å²) in [4.78, 5) is 13.2. The molecular formula is C18H16N6. The van der Waals surface area contributed by atoms with Gasteiger partial charge in [-0.1, -0.05) is 6.07 Å². The minimum atomic E-state index is 0.681. The smallest absolute Gasteiger partial charge is 0.241 e. The summed E-state index contributed by atoms with van der Waals surface area (Å²) >= 11 is 0. The van der Waals surface area contributed by atoms with E-state index in [1.165, 1.54) is 12.8 Å². The van der Waals surface area contributed by atoms with Gasteiger partial charge in [-0.25, -0.2) is 9.50 Å². The maximum atomic E-state index is 4.55. The van der Waals surface area contributed by atoms with Crippen LogP contribution in [0.5, 0.6) is 0 Å². The van der Waals surface area contributed by atoms with Crippen molar-refractivity contribution in [1.82, 2.24) is 24.6 Å². The fraction of sp³-hybridized carbons (Fsp3) is 0.222. The van der Waals surface area contributed by atoms with Crippen LogP contribution in [0.25, 0.3) is 27.7 Å². The van der Waals surface area contributed by atoms with Crippen LogP contribution in [0, 0.1) is 5.92 Å². The van der Waals surface area contributed by atoms with Crippen molar-refractivity contribution in [2.24, 2.45) is 5.92 Å². The predicted octanol–water partition coefficient (Wildman–Crippen LogP) is 3.16. The number of anilines is 1. The zero-order chi connectivity index (χ0) is 15.9. The maximum Gasteiger partial charge on any atom is 0.241 e. The van der Waals surface area contributed by atoms with Gasteiger partial charge in [0.1, 0.15) is 0 Å². The van der Waals surface area contributed by atoms with Gasteiger partial charge in [-0.15, -0.1) is 5.10 Å². The van der Waals surface area contributed by atoms with Crippen molar-refractivity contribution >= 4 is 22.5 Å². The Morgan fingerprint density at radius 1 is 1.04 bits per heavy atom. The van der Waals surface area contributed by atoms with E-state index in [-0.39, 0.29) is 0 Å². The molecule has 1 aromatic carbocycles. The van der Waals surface area contributed by atoms with Gasteiger partial charge in [0.25, 0.3) is 0 Å². The summed E-state index contributed by atoms with van der Waals surface area (Å²) in [5.74, 6) is 1.48. The summed E-state index contributed by atoms with van der Waals surface area (Å²) in [5, 5.41) is 7.86. The highest BCUT2D eigenvalue weighted by Gasteiger charge is 2.21. The van der Waals surface area contributed by atoms with Crippen molar-refractivity contribution in [2.75, 3.05) is 11.9 Å². The molecule has 3 aromatic heterocycles. The standard InChI is InChI=1S/C18H16N6/c1-2-12(1)10-21-18-22-11-17-14(5-8-24(17)23-18)13-3-4-15-16(9-13)20-7-6-19-15/h3-9,11-12H,1-2,10H2,(H,21,23). The summed E-state index contributed by atoms with van der Waals surface area (Å²) in [7, 11) is 0. The Morgan fingerprint density at radius 3 is 2.79 bits per heavy atom. The average molecular weight is 316 g/mol. The van der Waals surface area contributed by atoms with Crippen LogP contribution in [0.2, 0.25) is 0 Å². The van der Waals surface area contributed by atoms with Crippen LogP contribution >= 0.6 is 0 Å². The summed E-state index contributed by atoms with van der Waals surface area (Å²) in [6.45, 7) is 0.961. The van der Waals surface area contributed by atoms with Gasteiger partial charge in [0, 0.05) is 30.7 Å². The van der Waals surface area contributed by atoms with E-state index in [2.05, 4.69) is 43.6 Å². The Hall–Kier alpha value is -3.02. The third kappa shape index (κ3) is 2.36. The van der Waals surface area contributed by atoms with E-state index in [1.807, 2.05) is 23.0 Å². The highest BCUT2D eigenvalue weighted by molar-refractivity contribution is 5.86. The molecule has 6 heteroatoms. The fourth-order valence-electron chi connectivity index (χ4n) is 2.91. The van der Waals surface area contributed by atoms with Crippen molar-refractivity contribution in [2.45, 2.75) is 12.8 Å². The molecule has 0 atom stereocenters. The second-order valence-electron chi connectivity index (χ2n) is 6.23. The van der Waals surface area contributed by atoms with Crippen LogP contribution < -0.4 is 5.32 Å². The number of aromatic nitrogens is 5. The molecule has 4 aromatic rings. The van der Waals surface area contributed by atoms with Crippen molar-refractivity contribution in [3.05, 3.63) is 49.1 Å². The number of fused-ring (bicyclic) bond motifs is 2. The van der Waals surface area contributed by atoms with Crippen LogP contribution in [-0.4, -0.2) is 31.1 Å². The normalized spacial score (nSPS) is 14.3. The molecule has 24 heavy (non-hydrogen) atoms. The molecule has 1 N–H and O–H groups in total. The fourth-order valence-corrected chi connectivity index (χ4v) is 2.91. The number of nitrogens with one attached hydrogen (secondary N) is 1. The lowest BCUT2D eigenvalue weighted by atomic mass is 10.1. The zero-order valence-corrected chi connectivity index (χ0v) is 13.1. The van der Waals surface area contributed by atoms with Gasteiger partial charge in [-0.05, 0) is 42.5 Å². The van der Waals surface area contributed by atoms with Crippen LogP contribution in [0.4, 0.5) is 5.95 Å². The van der Waals surface area contributed by atoms with E-state index >= 15 is 0 Å². The largest absolute Gasteiger partial charge is 0.353 e. The first-order chi connectivity index (χ1) is 11.9. The van der Waals surface area contributed by atoms with Crippen molar-refractivity contribution in [1.29, 1.82) is 0 Å². The van der Waals surface area contributed by atoms with E-state index < -0.39 is 0 Å². The third-order valence-corrected chi connectivity index (χ3v) is 4.44. The lowest BCUT2D eigenvalue weighted by Crippen LogP contribution is -2.08. The molecule has 1 saturated carbocycles. The molecule has 1 aliphatic carbocycles. The maximum absolute atomic E-state index is 4.55. The SMILES string of the molecule is c1cnc2cc(-c3ccn4nc(NCC5CC5)ncc34)ccc2n1. The van der Waals surface area contributed by atoms with Gasteiger partial charge in [0.2, 0.25) is 5.95 Å². The Balaban J connectivity index is 1.53. The van der Waals surface area contributed by atoms with Gasteiger partial charge in [-0.3, -0.25) is 9.97 Å². The molecule has 0 spiro atoms. The summed E-state index contributed by atoms with van der Waals surface area (Å²) in [6.07, 6.45) is 9.89. The summed E-state index contributed by atoms with van der Waals surface area (Å²) < 4.78 is 1.87. The number of benzene rings is 1. The van der Waals surface area contributed by atoms with Crippen molar-refractivity contribution in [3.8, 4) is 11.1 Å². The monoisotopic (exact) mass is 316 g/mol. The van der Waals surface area contributed by atoms with Crippen LogP contribution in [0.15, 0.2) is 49.1 Å². The Bertz CT molecular complexity index is 1030. The molecular weight excluding hydrogens is 300 g/mol. The van der Waals surface area contributed by atoms with Gasteiger partial charge in [0.15, 0.2) is 0 Å². The molecule has 0 unspecified atom stereocenters. The molecule has 6 nitrogen and oxygen atoms in total. The highest BCUT2D eigenvalue weighted by atomic mass is 15.3. The van der Waals surface area contributed by atoms with Gasteiger partial charge < -0.3 is 5.32 Å². The average Bonchev–Trinajstić information content (AvgIpc) is 3.37. The number of hydrogen-bond acceptors (Lipinski definition) is 5. The molecule has 0 aliphatic heterocycles. The van der Waals surface area contributed by atoms with Crippen LogP contribution in [0.1, 0.15) is 12.8 Å². The summed E-state index contributed by atoms with van der Waals surface area (Å²) in [5.41, 5.74) is 4.95. The zero-order valence-electron chi connectivity index (χ0n) is 13.1. The molecule has 0 saturated heterocycles. The molecule has 0 radical (unpaired) electrons. The molecule has 1 fully saturated rings. The first-order valence-corrected chi connectivity index (χ1v) is 8.16. The quantitative estimate of drug-likeness (QED) is 0.626. The van der Waals surface area contributed by atoms with Crippen LogP contribution in [-0.2, 0) is 0 Å². The van der Waals surface area contributed by atoms with Gasteiger partial charge in [-0.2, -0.15) is 0 Å². The lowest BCUT2D eigenvalue weighted by Gasteiger charge is -2.05. The number of nitrogens with zero attached hydrogens (tertiary/aromatic N) is 5. The molecule has 1 aliphatic rings. The van der Waals surface area contributed by atoms with E-state index in [4.69, 9.17) is 0 Å². The minimum absolute atomic E-state index is 0.681. The predicted molar refractivity (Wildman–Crippen MR) is 92.7 cm³/mol. The Kier molecular flexibility index (Phi) is 2.94. The van der Waals surface area contributed by atoms with Crippen LogP contribution in [0.3, 0.4) is 0 Å². The van der Waals surface area contributed by atoms with Crippen molar-refractivity contribution in [3.63, 3.8) is 0 Å². The van der Waals surface area contributed by atoms with Gasteiger partial charge in [0.05, 0.1) is 22.7 Å². The third-order valence-electron chi connectivity index (χ3n) is 4.44. The van der Waals surface area contributed by atoms with E-state index in [0.717, 1.165) is 40.1 Å². The summed E-state index contributed by atoms with van der Waals surface area (Å²) in [6, 6.07) is 8.17. The number of hydrogen-bond donors (Lipinski definition) is 1. The number of rotatable bonds is 4. The van der Waals surface area contributed by atoms with Crippen molar-refractivity contribution < 1.29 is 0 Å². The Labute approximate surface area is 138 Å². The first kappa shape index (κ1) is 13.4. The lowest BCUT2D eigenvalue weighted by molar-refractivity contribution is 0.842. The molecule has 5 rings (SSSR count). The van der Waals surface area contributed by atoms with E-state index in [0.29, 0.717) is 5.95 Å². The van der Waals surface area contributed by atoms with E-state index in [9.17, 15) is 0 Å². The van der Waals surface area contributed by atoms with Gasteiger partial charge >= 0.3 is 0 Å². The minimum Gasteiger partial charge on any atom is -0.353 e. The molecule has 0 amide bonds.